The first-order valence-corrected chi connectivity index (χ1v) is 9.62. The fraction of sp³-hybridized carbons (Fsp3) is 0.0870. The van der Waals surface area contributed by atoms with Crippen LogP contribution in [0.2, 0.25) is 5.02 Å². The maximum absolute atomic E-state index is 13.1. The van der Waals surface area contributed by atoms with E-state index in [-0.39, 0.29) is 12.2 Å². The predicted molar refractivity (Wildman–Crippen MR) is 115 cm³/mol. The summed E-state index contributed by atoms with van der Waals surface area (Å²) in [7, 11) is 1.54. The van der Waals surface area contributed by atoms with Gasteiger partial charge in [-0.2, -0.15) is 0 Å². The van der Waals surface area contributed by atoms with Gasteiger partial charge in [0.15, 0.2) is 0 Å². The number of benzene rings is 1. The number of amides is 1. The Morgan fingerprint density at radius 2 is 1.93 bits per heavy atom. The van der Waals surface area contributed by atoms with E-state index < -0.39 is 11.7 Å². The highest BCUT2D eigenvalue weighted by molar-refractivity contribution is 6.43. The molecule has 0 bridgehead atoms. The number of Topliss-reactive ketones (excluding diaryl/α,β-unsaturated/α-hetero) is 1. The molecule has 6 nitrogen and oxygen atoms in total. The lowest BCUT2D eigenvalue weighted by Crippen LogP contribution is -2.31. The number of halogens is 1. The Morgan fingerprint density at radius 3 is 2.67 bits per heavy atom. The van der Waals surface area contributed by atoms with E-state index >= 15 is 0 Å². The summed E-state index contributed by atoms with van der Waals surface area (Å²) in [5.74, 6) is -0.811. The van der Waals surface area contributed by atoms with E-state index in [0.29, 0.717) is 27.6 Å². The molecular weight excluding hydrogens is 402 g/mol. The van der Waals surface area contributed by atoms with Crippen LogP contribution in [0.4, 0.5) is 0 Å². The molecule has 0 spiro atoms. The third-order valence-corrected chi connectivity index (χ3v) is 5.02. The van der Waals surface area contributed by atoms with E-state index in [4.69, 9.17) is 16.3 Å². The molecule has 0 unspecified atom stereocenters. The topological polar surface area (TPSA) is 72.7 Å². The van der Waals surface area contributed by atoms with Gasteiger partial charge in [0, 0.05) is 23.5 Å². The molecule has 1 N–H and O–H groups in total. The van der Waals surface area contributed by atoms with E-state index in [1.807, 2.05) is 30.3 Å². The predicted octanol–water partition coefficient (Wildman–Crippen LogP) is 4.16. The van der Waals surface area contributed by atoms with Crippen LogP contribution < -0.4 is 10.1 Å². The summed E-state index contributed by atoms with van der Waals surface area (Å²) < 4.78 is 6.92. The average Bonchev–Trinajstić information content (AvgIpc) is 3.17. The molecule has 7 heteroatoms. The number of fused-ring (bicyclic) bond motifs is 1. The summed E-state index contributed by atoms with van der Waals surface area (Å²) in [6, 6.07) is 18.1. The molecule has 0 radical (unpaired) electrons. The van der Waals surface area contributed by atoms with Crippen LogP contribution in [0.15, 0.2) is 73.1 Å². The minimum atomic E-state index is -0.703. The van der Waals surface area contributed by atoms with Crippen molar-refractivity contribution in [3.8, 4) is 16.9 Å². The van der Waals surface area contributed by atoms with E-state index in [9.17, 15) is 9.59 Å². The first kappa shape index (κ1) is 19.7. The number of aromatic nitrogens is 2. The summed E-state index contributed by atoms with van der Waals surface area (Å²) in [5, 5.41) is 3.07. The van der Waals surface area contributed by atoms with Crippen LogP contribution in [0.25, 0.3) is 16.6 Å². The number of ether oxygens (including phenoxy) is 1. The molecule has 30 heavy (non-hydrogen) atoms. The number of ketones is 1. The normalized spacial score (nSPS) is 10.7. The molecule has 150 valence electrons. The number of methoxy groups -OCH3 is 1. The van der Waals surface area contributed by atoms with Gasteiger partial charge in [-0.15, -0.1) is 0 Å². The SMILES string of the molecule is COc1ccc(-c2cc3ccccn3c2C(=O)C(=O)NCc2ccccn2)cc1Cl. The van der Waals surface area contributed by atoms with Crippen molar-refractivity contribution >= 4 is 28.8 Å². The second-order valence-electron chi connectivity index (χ2n) is 6.58. The molecule has 0 aliphatic heterocycles. The Kier molecular flexibility index (Phi) is 5.50. The number of hydrogen-bond donors (Lipinski definition) is 1. The fourth-order valence-corrected chi connectivity index (χ4v) is 3.53. The van der Waals surface area contributed by atoms with Gasteiger partial charge in [0.25, 0.3) is 11.7 Å². The van der Waals surface area contributed by atoms with Crippen LogP contribution in [0.3, 0.4) is 0 Å². The van der Waals surface area contributed by atoms with Gasteiger partial charge in [-0.25, -0.2) is 0 Å². The monoisotopic (exact) mass is 419 g/mol. The highest BCUT2D eigenvalue weighted by Gasteiger charge is 2.25. The lowest BCUT2D eigenvalue weighted by atomic mass is 10.0. The first-order chi connectivity index (χ1) is 14.6. The van der Waals surface area contributed by atoms with E-state index in [1.54, 1.807) is 47.1 Å². The molecule has 3 aromatic heterocycles. The minimum absolute atomic E-state index is 0.165. The Hall–Kier alpha value is -3.64. The van der Waals surface area contributed by atoms with Crippen LogP contribution in [0, 0.1) is 0 Å². The lowest BCUT2D eigenvalue weighted by Gasteiger charge is -2.09. The maximum Gasteiger partial charge on any atom is 0.294 e. The quantitative estimate of drug-likeness (QED) is 0.376. The van der Waals surface area contributed by atoms with Crippen molar-refractivity contribution < 1.29 is 14.3 Å². The molecule has 3 heterocycles. The van der Waals surface area contributed by atoms with Gasteiger partial charge in [-0.3, -0.25) is 14.6 Å². The molecule has 4 aromatic rings. The smallest absolute Gasteiger partial charge is 0.294 e. The molecule has 1 aromatic carbocycles. The van der Waals surface area contributed by atoms with Gasteiger partial charge < -0.3 is 14.5 Å². The van der Waals surface area contributed by atoms with Crippen molar-refractivity contribution in [3.05, 3.63) is 89.5 Å². The summed E-state index contributed by atoms with van der Waals surface area (Å²) in [6.07, 6.45) is 3.39. The molecule has 0 atom stereocenters. The Morgan fingerprint density at radius 1 is 1.10 bits per heavy atom. The van der Waals surface area contributed by atoms with Crippen molar-refractivity contribution in [2.24, 2.45) is 0 Å². The molecule has 0 aliphatic carbocycles. The van der Waals surface area contributed by atoms with E-state index in [1.165, 1.54) is 7.11 Å². The fourth-order valence-electron chi connectivity index (χ4n) is 3.27. The molecule has 0 saturated heterocycles. The number of hydrogen-bond acceptors (Lipinski definition) is 4. The van der Waals surface area contributed by atoms with Crippen molar-refractivity contribution in [2.45, 2.75) is 6.54 Å². The minimum Gasteiger partial charge on any atom is -0.495 e. The van der Waals surface area contributed by atoms with E-state index in [0.717, 1.165) is 5.52 Å². The second-order valence-corrected chi connectivity index (χ2v) is 6.99. The summed E-state index contributed by atoms with van der Waals surface area (Å²) >= 11 is 6.29. The molecule has 0 saturated carbocycles. The number of pyridine rings is 2. The van der Waals surface area contributed by atoms with Crippen LogP contribution >= 0.6 is 11.6 Å². The second kappa shape index (κ2) is 8.39. The van der Waals surface area contributed by atoms with Gasteiger partial charge >= 0.3 is 0 Å². The van der Waals surface area contributed by atoms with Crippen LogP contribution in [0.5, 0.6) is 5.75 Å². The van der Waals surface area contributed by atoms with Gasteiger partial charge in [0.05, 0.1) is 24.4 Å². The highest BCUT2D eigenvalue weighted by atomic mass is 35.5. The van der Waals surface area contributed by atoms with Gasteiger partial charge in [-0.1, -0.05) is 29.8 Å². The summed E-state index contributed by atoms with van der Waals surface area (Å²) in [5.41, 5.74) is 3.06. The molecule has 1 amide bonds. The van der Waals surface area contributed by atoms with E-state index in [2.05, 4.69) is 10.3 Å². The third-order valence-electron chi connectivity index (χ3n) is 4.72. The zero-order valence-electron chi connectivity index (χ0n) is 16.1. The van der Waals surface area contributed by atoms with Crippen LogP contribution in [0.1, 0.15) is 16.2 Å². The van der Waals surface area contributed by atoms with Gasteiger partial charge in [-0.05, 0) is 48.0 Å². The largest absolute Gasteiger partial charge is 0.495 e. The third kappa shape index (κ3) is 3.77. The van der Waals surface area contributed by atoms with Crippen molar-refractivity contribution in [2.75, 3.05) is 7.11 Å². The molecule has 0 aliphatic rings. The lowest BCUT2D eigenvalue weighted by molar-refractivity contribution is -0.117. The van der Waals surface area contributed by atoms with Crippen molar-refractivity contribution in [1.82, 2.24) is 14.7 Å². The zero-order valence-corrected chi connectivity index (χ0v) is 16.9. The standard InChI is InChI=1S/C23H18ClN3O3/c1-30-20-9-8-15(12-19(20)24)18-13-17-7-3-5-11-27(17)21(18)22(28)23(29)26-14-16-6-2-4-10-25-16/h2-13H,14H2,1H3,(H,26,29). The molecule has 0 fully saturated rings. The van der Waals surface area contributed by atoms with Gasteiger partial charge in [0.2, 0.25) is 0 Å². The number of rotatable bonds is 6. The van der Waals surface area contributed by atoms with Crippen LogP contribution in [-0.2, 0) is 11.3 Å². The van der Waals surface area contributed by atoms with Crippen molar-refractivity contribution in [1.29, 1.82) is 0 Å². The first-order valence-electron chi connectivity index (χ1n) is 9.25. The number of carbonyl (C=O) groups excluding carboxylic acids is 2. The highest BCUT2D eigenvalue weighted by Crippen LogP contribution is 2.33. The Balaban J connectivity index is 1.72. The zero-order chi connectivity index (χ0) is 21.1. The summed E-state index contributed by atoms with van der Waals surface area (Å²) in [4.78, 5) is 29.9. The van der Waals surface area contributed by atoms with Crippen LogP contribution in [-0.4, -0.2) is 28.2 Å². The molecular formula is C23H18ClN3O3. The summed E-state index contributed by atoms with van der Waals surface area (Å²) in [6.45, 7) is 0.165. The number of nitrogens with one attached hydrogen (secondary N) is 1. The Bertz CT molecular complexity index is 1240. The number of carbonyl (C=O) groups is 2. The van der Waals surface area contributed by atoms with Gasteiger partial charge in [0.1, 0.15) is 11.4 Å². The average molecular weight is 420 g/mol. The molecule has 4 rings (SSSR count). The maximum atomic E-state index is 13.1. The number of nitrogens with zero attached hydrogens (tertiary/aromatic N) is 2. The Labute approximate surface area is 178 Å². The van der Waals surface area contributed by atoms with Crippen molar-refractivity contribution in [3.63, 3.8) is 0 Å².